The zero-order chi connectivity index (χ0) is 13.8. The van der Waals surface area contributed by atoms with Crippen LogP contribution in [-0.2, 0) is 11.2 Å². The Morgan fingerprint density at radius 1 is 1.30 bits per heavy atom. The minimum Gasteiger partial charge on any atom is -0.378 e. The van der Waals surface area contributed by atoms with Crippen molar-refractivity contribution in [2.45, 2.75) is 44.4 Å². The fraction of sp³-hybridized carbons (Fsp3) is 0.500. The van der Waals surface area contributed by atoms with Crippen LogP contribution < -0.4 is 5.32 Å². The van der Waals surface area contributed by atoms with E-state index in [1.807, 2.05) is 22.7 Å². The first kappa shape index (κ1) is 14.3. The van der Waals surface area contributed by atoms with Crippen LogP contribution in [0, 0.1) is 0 Å². The van der Waals surface area contributed by atoms with Crippen molar-refractivity contribution in [1.82, 2.24) is 5.32 Å². The topological polar surface area (TPSA) is 21.3 Å². The van der Waals surface area contributed by atoms with E-state index in [-0.39, 0.29) is 0 Å². The molecule has 3 heterocycles. The number of hydrogen-bond acceptors (Lipinski definition) is 4. The Morgan fingerprint density at radius 3 is 2.85 bits per heavy atom. The largest absolute Gasteiger partial charge is 0.378 e. The third-order valence-corrected chi connectivity index (χ3v) is 5.68. The molecule has 1 saturated heterocycles. The van der Waals surface area contributed by atoms with Crippen LogP contribution in [-0.4, -0.2) is 18.8 Å². The molecule has 1 N–H and O–H groups in total. The van der Waals surface area contributed by atoms with Crippen molar-refractivity contribution in [1.29, 1.82) is 0 Å². The van der Waals surface area contributed by atoms with E-state index < -0.39 is 0 Å². The average Bonchev–Trinajstić information content (AvgIpc) is 3.11. The molecule has 1 fully saturated rings. The summed E-state index contributed by atoms with van der Waals surface area (Å²) >= 11 is 3.70. The first-order valence-electron chi connectivity index (χ1n) is 7.24. The third kappa shape index (κ3) is 3.70. The van der Waals surface area contributed by atoms with E-state index in [9.17, 15) is 0 Å². The van der Waals surface area contributed by atoms with Gasteiger partial charge in [-0.1, -0.05) is 12.1 Å². The Labute approximate surface area is 128 Å². The summed E-state index contributed by atoms with van der Waals surface area (Å²) in [6.07, 6.45) is 3.71. The first-order valence-corrected chi connectivity index (χ1v) is 9.00. The minimum absolute atomic E-state index is 0.381. The van der Waals surface area contributed by atoms with Crippen LogP contribution >= 0.6 is 22.7 Å². The molecule has 20 heavy (non-hydrogen) atoms. The second kappa shape index (κ2) is 6.85. The van der Waals surface area contributed by atoms with Gasteiger partial charge in [0.05, 0.1) is 6.10 Å². The van der Waals surface area contributed by atoms with Gasteiger partial charge in [0, 0.05) is 34.9 Å². The van der Waals surface area contributed by atoms with Crippen molar-refractivity contribution in [3.05, 3.63) is 44.8 Å². The molecule has 4 heteroatoms. The van der Waals surface area contributed by atoms with Gasteiger partial charge in [0.25, 0.3) is 0 Å². The standard InChI is InChI=1S/C16H21NOS2/c1-12-10-13(6-7-18-12)17-15(16-5-3-9-20-16)11-14-4-2-8-19-14/h2-5,8-9,12-13,15,17H,6-7,10-11H2,1H3. The number of nitrogens with one attached hydrogen (secondary N) is 1. The molecule has 108 valence electrons. The summed E-state index contributed by atoms with van der Waals surface area (Å²) in [5, 5.41) is 8.20. The van der Waals surface area contributed by atoms with Crippen LogP contribution in [0.1, 0.15) is 35.6 Å². The summed E-state index contributed by atoms with van der Waals surface area (Å²) in [7, 11) is 0. The van der Waals surface area contributed by atoms with Gasteiger partial charge in [0.2, 0.25) is 0 Å². The lowest BCUT2D eigenvalue weighted by molar-refractivity contribution is 0.0113. The summed E-state index contributed by atoms with van der Waals surface area (Å²) in [6.45, 7) is 3.06. The number of thiophene rings is 2. The molecule has 3 atom stereocenters. The maximum absolute atomic E-state index is 5.65. The lowest BCUT2D eigenvalue weighted by atomic mass is 10.0. The fourth-order valence-electron chi connectivity index (χ4n) is 2.80. The number of ether oxygens (including phenoxy) is 1. The molecule has 3 unspecified atom stereocenters. The first-order chi connectivity index (χ1) is 9.81. The highest BCUT2D eigenvalue weighted by Crippen LogP contribution is 2.27. The van der Waals surface area contributed by atoms with E-state index in [0.717, 1.165) is 25.9 Å². The molecule has 2 aromatic rings. The predicted octanol–water partition coefficient (Wildman–Crippen LogP) is 4.25. The quantitative estimate of drug-likeness (QED) is 0.891. The van der Waals surface area contributed by atoms with Gasteiger partial charge in [-0.05, 0) is 42.7 Å². The van der Waals surface area contributed by atoms with E-state index in [1.165, 1.54) is 9.75 Å². The van der Waals surface area contributed by atoms with E-state index >= 15 is 0 Å². The van der Waals surface area contributed by atoms with Crippen LogP contribution in [0.4, 0.5) is 0 Å². The van der Waals surface area contributed by atoms with E-state index in [4.69, 9.17) is 4.74 Å². The van der Waals surface area contributed by atoms with Gasteiger partial charge < -0.3 is 10.1 Å². The molecule has 2 aromatic heterocycles. The molecule has 0 saturated carbocycles. The molecule has 3 rings (SSSR count). The Bertz CT molecular complexity index is 495. The molecule has 0 amide bonds. The summed E-state index contributed by atoms with van der Waals surface area (Å²) in [5.41, 5.74) is 0. The minimum atomic E-state index is 0.381. The fourth-order valence-corrected chi connectivity index (χ4v) is 4.33. The van der Waals surface area contributed by atoms with Gasteiger partial charge in [-0.3, -0.25) is 0 Å². The Morgan fingerprint density at radius 2 is 2.15 bits per heavy atom. The zero-order valence-corrected chi connectivity index (χ0v) is 13.4. The van der Waals surface area contributed by atoms with E-state index in [1.54, 1.807) is 0 Å². The van der Waals surface area contributed by atoms with Gasteiger partial charge in [0.15, 0.2) is 0 Å². The van der Waals surface area contributed by atoms with Crippen molar-refractivity contribution in [2.24, 2.45) is 0 Å². The highest BCUT2D eigenvalue weighted by Gasteiger charge is 2.23. The molecule has 1 aliphatic rings. The molecule has 0 bridgehead atoms. The SMILES string of the molecule is CC1CC(NC(Cc2cccs2)c2cccs2)CCO1. The maximum Gasteiger partial charge on any atom is 0.0561 e. The summed E-state index contributed by atoms with van der Waals surface area (Å²) < 4.78 is 5.65. The highest BCUT2D eigenvalue weighted by atomic mass is 32.1. The lowest BCUT2D eigenvalue weighted by Gasteiger charge is -2.31. The number of rotatable bonds is 5. The van der Waals surface area contributed by atoms with Gasteiger partial charge in [-0.15, -0.1) is 22.7 Å². The highest BCUT2D eigenvalue weighted by molar-refractivity contribution is 7.10. The second-order valence-electron chi connectivity index (χ2n) is 5.42. The maximum atomic E-state index is 5.65. The molecule has 0 aliphatic carbocycles. The Hall–Kier alpha value is -0.680. The van der Waals surface area contributed by atoms with E-state index in [0.29, 0.717) is 18.2 Å². The van der Waals surface area contributed by atoms with Crippen LogP contribution in [0.3, 0.4) is 0 Å². The molecular formula is C16H21NOS2. The van der Waals surface area contributed by atoms with Gasteiger partial charge in [-0.2, -0.15) is 0 Å². The molecule has 0 spiro atoms. The lowest BCUT2D eigenvalue weighted by Crippen LogP contribution is -2.40. The summed E-state index contributed by atoms with van der Waals surface area (Å²) in [5.74, 6) is 0. The van der Waals surface area contributed by atoms with Crippen LogP contribution in [0.25, 0.3) is 0 Å². The number of hydrogen-bond donors (Lipinski definition) is 1. The normalized spacial score (nSPS) is 24.6. The smallest absolute Gasteiger partial charge is 0.0561 e. The van der Waals surface area contributed by atoms with Crippen molar-refractivity contribution in [3.8, 4) is 0 Å². The molecule has 1 aliphatic heterocycles. The van der Waals surface area contributed by atoms with Gasteiger partial charge in [0.1, 0.15) is 0 Å². The van der Waals surface area contributed by atoms with Crippen molar-refractivity contribution in [3.63, 3.8) is 0 Å². The van der Waals surface area contributed by atoms with Crippen LogP contribution in [0.5, 0.6) is 0 Å². The van der Waals surface area contributed by atoms with Crippen molar-refractivity contribution >= 4 is 22.7 Å². The predicted molar refractivity (Wildman–Crippen MR) is 86.7 cm³/mol. The second-order valence-corrected chi connectivity index (χ2v) is 7.43. The van der Waals surface area contributed by atoms with Gasteiger partial charge >= 0.3 is 0 Å². The summed E-state index contributed by atoms with van der Waals surface area (Å²) in [4.78, 5) is 2.90. The Balaban J connectivity index is 1.69. The Kier molecular flexibility index (Phi) is 4.89. The van der Waals surface area contributed by atoms with E-state index in [2.05, 4.69) is 47.3 Å². The molecular weight excluding hydrogens is 286 g/mol. The van der Waals surface area contributed by atoms with Crippen LogP contribution in [0.15, 0.2) is 35.0 Å². The molecule has 0 radical (unpaired) electrons. The molecule has 2 nitrogen and oxygen atoms in total. The monoisotopic (exact) mass is 307 g/mol. The molecule has 0 aromatic carbocycles. The zero-order valence-electron chi connectivity index (χ0n) is 11.7. The third-order valence-electron chi connectivity index (χ3n) is 3.79. The van der Waals surface area contributed by atoms with Crippen LogP contribution in [0.2, 0.25) is 0 Å². The summed E-state index contributed by atoms with van der Waals surface area (Å²) in [6, 6.07) is 9.78. The van der Waals surface area contributed by atoms with Crippen molar-refractivity contribution in [2.75, 3.05) is 6.61 Å². The van der Waals surface area contributed by atoms with Crippen molar-refractivity contribution < 1.29 is 4.74 Å². The van der Waals surface area contributed by atoms with Gasteiger partial charge in [-0.25, -0.2) is 0 Å². The average molecular weight is 307 g/mol.